The number of anilines is 2. The minimum absolute atomic E-state index is 0.0310. The number of hydrogen-bond acceptors (Lipinski definition) is 30. The summed E-state index contributed by atoms with van der Waals surface area (Å²) in [4.78, 5) is 81.5. The van der Waals surface area contributed by atoms with Crippen LogP contribution >= 0.6 is 0 Å². The van der Waals surface area contributed by atoms with Gasteiger partial charge >= 0.3 is 5.97 Å². The average Bonchev–Trinajstić information content (AvgIpc) is 1.74. The summed E-state index contributed by atoms with van der Waals surface area (Å²) >= 11 is 0. The Labute approximate surface area is 723 Å². The molecule has 0 spiro atoms. The molecule has 7 heterocycles. The average molecular weight is 1730 g/mol. The first-order chi connectivity index (χ1) is 59.4. The fourth-order valence-electron chi connectivity index (χ4n) is 16.6. The maximum Gasteiger partial charge on any atom is 0.329 e. The Balaban J connectivity index is 0.682. The summed E-state index contributed by atoms with van der Waals surface area (Å²) in [7, 11) is 4.75. The molecule has 1 amide bonds. The van der Waals surface area contributed by atoms with E-state index in [1.807, 2.05) is 99.5 Å². The fourth-order valence-corrected chi connectivity index (χ4v) is 16.6. The second kappa shape index (κ2) is 51.7. The van der Waals surface area contributed by atoms with Crippen molar-refractivity contribution in [2.75, 3.05) is 138 Å². The van der Waals surface area contributed by atoms with Crippen molar-refractivity contribution in [2.24, 2.45) is 40.7 Å². The molecule has 0 radical (unpaired) electrons. The number of benzene rings is 1. The number of imidazole rings is 1. The Morgan fingerprint density at radius 3 is 2.15 bits per heavy atom. The number of oxime groups is 1. The molecule has 1 aromatic carbocycles. The molecule has 123 heavy (non-hydrogen) atoms. The lowest BCUT2D eigenvalue weighted by Crippen LogP contribution is -2.61. The first-order valence-electron chi connectivity index (χ1n) is 44.0. The molecule has 2 bridgehead atoms. The van der Waals surface area contributed by atoms with Crippen LogP contribution in [0.25, 0.3) is 33.4 Å². The van der Waals surface area contributed by atoms with Crippen molar-refractivity contribution in [1.82, 2.24) is 39.2 Å². The zero-order valence-corrected chi connectivity index (χ0v) is 74.1. The van der Waals surface area contributed by atoms with Gasteiger partial charge in [0.15, 0.2) is 23.6 Å². The number of aryl methyl sites for hydroxylation is 1. The van der Waals surface area contributed by atoms with E-state index in [1.54, 1.807) is 40.6 Å². The number of allylic oxidation sites excluding steroid dienone is 5. The van der Waals surface area contributed by atoms with Crippen LogP contribution in [0.4, 0.5) is 11.8 Å². The third-order valence-corrected chi connectivity index (χ3v) is 23.7. The van der Waals surface area contributed by atoms with Gasteiger partial charge in [0, 0.05) is 96.3 Å². The van der Waals surface area contributed by atoms with Gasteiger partial charge in [0.05, 0.1) is 140 Å². The number of aromatic nitrogens is 7. The number of nitrogens with zero attached hydrogens (tertiary/aromatic N) is 9. The number of ketones is 2. The number of Topliss-reactive ketones (excluding diaryl/α,β-unsaturated/α-hetero) is 2. The molecule has 33 heteroatoms. The van der Waals surface area contributed by atoms with Crippen LogP contribution in [-0.4, -0.2) is 271 Å². The molecule has 3 aliphatic heterocycles. The number of ether oxygens (including phenoxy) is 13. The van der Waals surface area contributed by atoms with Gasteiger partial charge in [-0.1, -0.05) is 82.7 Å². The normalized spacial score (nSPS) is 27.9. The van der Waals surface area contributed by atoms with Crippen molar-refractivity contribution in [3.8, 4) is 11.3 Å². The van der Waals surface area contributed by atoms with E-state index in [4.69, 9.17) is 92.6 Å². The highest BCUT2D eigenvalue weighted by atomic mass is 16.6. The third kappa shape index (κ3) is 30.2. The highest BCUT2D eigenvalue weighted by molar-refractivity contribution is 6.39. The number of nitrogens with two attached hydrogens (primary N) is 2. The highest BCUT2D eigenvalue weighted by Crippen LogP contribution is 2.40. The van der Waals surface area contributed by atoms with Crippen molar-refractivity contribution >= 4 is 63.1 Å². The molecule has 3 fully saturated rings. The second-order valence-electron chi connectivity index (χ2n) is 33.1. The lowest BCUT2D eigenvalue weighted by Gasteiger charge is -2.43. The predicted octanol–water partition coefficient (Wildman–Crippen LogP) is 10.3. The Morgan fingerprint density at radius 1 is 0.748 bits per heavy atom. The summed E-state index contributed by atoms with van der Waals surface area (Å²) in [6.45, 7) is 22.3. The van der Waals surface area contributed by atoms with Crippen LogP contribution in [0.2, 0.25) is 0 Å². The molecule has 33 nitrogen and oxygen atoms in total. The van der Waals surface area contributed by atoms with Gasteiger partial charge in [0.1, 0.15) is 54.3 Å². The molecular weight excluding hydrogens is 1590 g/mol. The first kappa shape index (κ1) is 98.9. The Hall–Kier alpha value is -7.84. The van der Waals surface area contributed by atoms with E-state index in [-0.39, 0.29) is 80.1 Å². The number of rotatable bonds is 41. The predicted molar refractivity (Wildman–Crippen MR) is 461 cm³/mol. The van der Waals surface area contributed by atoms with Gasteiger partial charge in [-0.2, -0.15) is 10.1 Å². The van der Waals surface area contributed by atoms with E-state index in [0.29, 0.717) is 220 Å². The summed E-state index contributed by atoms with van der Waals surface area (Å²) < 4.78 is 86.2. The van der Waals surface area contributed by atoms with Gasteiger partial charge in [0.2, 0.25) is 5.79 Å². The molecule has 7 N–H and O–H groups in total. The van der Waals surface area contributed by atoms with Crippen LogP contribution in [0.15, 0.2) is 94.2 Å². The largest absolute Gasteiger partial charge is 0.460 e. The van der Waals surface area contributed by atoms with E-state index >= 15 is 0 Å². The topological polar surface area (TPSA) is 413 Å². The maximum atomic E-state index is 14.9. The van der Waals surface area contributed by atoms with Gasteiger partial charge in [-0.25, -0.2) is 24.4 Å². The number of amides is 1. The SMILES string of the molecule is CCO[C@@H]1C[C@@H]([C@H](C)C[C@@H]2CC[C@@H](O)[C@H](OC)C2)OC(=O)[C@@H]2CCCCN2C(=O)C(=O)[C@]2(O)O[C@@H](CC[C@H]2C)C[C@H](OC)/C(C)=C/C=C/C=C/[C@@H](C)C[C@@H](C)C(=NOCc2cn(CCOCCOCCOCCOCCOCCOCCOCC(=O)CCCCCn3nc(-c4ccc5oc(N)nc5c4)c4c(N)ncnc43)cn2)[C@H](OC)[C@H](O)/C(C)=C/[C@H]1C. The van der Waals surface area contributed by atoms with Crippen molar-refractivity contribution in [1.29, 1.82) is 0 Å². The van der Waals surface area contributed by atoms with Crippen molar-refractivity contribution in [3.63, 3.8) is 0 Å². The molecule has 9 rings (SSSR count). The summed E-state index contributed by atoms with van der Waals surface area (Å²) in [6.07, 6.45) is 20.3. The van der Waals surface area contributed by atoms with E-state index in [0.717, 1.165) is 36.8 Å². The van der Waals surface area contributed by atoms with Gasteiger partial charge in [-0.15, -0.1) is 0 Å². The minimum Gasteiger partial charge on any atom is -0.460 e. The van der Waals surface area contributed by atoms with Crippen LogP contribution in [0.3, 0.4) is 0 Å². The molecule has 1 saturated carbocycles. The van der Waals surface area contributed by atoms with Gasteiger partial charge in [-0.05, 0) is 145 Å². The number of fused-ring (bicyclic) bond motifs is 5. The molecule has 0 unspecified atom stereocenters. The molecule has 4 aliphatic rings. The highest BCUT2D eigenvalue weighted by Gasteiger charge is 2.53. The molecule has 1 aliphatic carbocycles. The number of carbonyl (C=O) groups excluding carboxylic acids is 4. The number of aliphatic hydroxyl groups excluding tert-OH is 2. The molecule has 684 valence electrons. The van der Waals surface area contributed by atoms with Crippen LogP contribution in [0.1, 0.15) is 164 Å². The number of esters is 1. The minimum atomic E-state index is -2.44. The number of carbonyl (C=O) groups is 4. The first-order valence-corrected chi connectivity index (χ1v) is 44.0. The zero-order chi connectivity index (χ0) is 88.2. The van der Waals surface area contributed by atoms with Crippen molar-refractivity contribution in [2.45, 2.75) is 238 Å². The fraction of sp³-hybridized carbons (Fsp3) is 0.689. The lowest BCUT2D eigenvalue weighted by atomic mass is 9.78. The van der Waals surface area contributed by atoms with Crippen LogP contribution in [0, 0.1) is 35.5 Å². The third-order valence-electron chi connectivity index (χ3n) is 23.7. The number of oxazole rings is 1. The molecule has 5 aromatic rings. The van der Waals surface area contributed by atoms with Crippen LogP contribution in [0.5, 0.6) is 0 Å². The van der Waals surface area contributed by atoms with Crippen LogP contribution in [-0.2, 0) is 105 Å². The van der Waals surface area contributed by atoms with Crippen molar-refractivity contribution < 1.29 is 105 Å². The van der Waals surface area contributed by atoms with Crippen molar-refractivity contribution in [3.05, 3.63) is 90.3 Å². The summed E-state index contributed by atoms with van der Waals surface area (Å²) in [5, 5.41) is 45.7. The summed E-state index contributed by atoms with van der Waals surface area (Å²) in [5.74, 6) is -6.20. The standard InChI is InChI=1S/C90H137N11O22/c1-12-119-76-53-77(62(5)49-66-26-29-73(103)78(50-66)110-10)121-88(107)72-24-18-20-31-100(72)87(106)84(105)90(108)65(8)25-28-70(123-90)52-75(109-9)60(3)22-16-13-15-21-59(2)47-63(6)80(83(111-11)82(104)64(7)48-61(76)4)98-120-55-68-54-99(58-95-68)33-34-112-35-36-113-37-38-114-39-40-115-41-42-116-43-44-117-45-46-118-56-69(102)23-17-14-19-32-101-86-79(85(91)93-57-94-86)81(97-101)67-27-30-74-71(51-67)96-89(92)122-74/h13,15-16,21-22,27,30,48,51,54,57-59,61-63,65-66,70,72-73,75-78,82-83,103-104,108H,12,14,17-20,23-26,28-29,31-47,49-50,52-53,55-56H2,1-11H3,(H2,92,96)(H2,91,93,94)/b16-13+,21-15+,60-22+,64-48+,98-80?/t59-,61-,62-,63-,65-,66+,70+,72+,73-,75+,76-,77+,78-,82-,83+,90-/m1/s1. The molecule has 4 aromatic heterocycles. The van der Waals surface area contributed by atoms with E-state index in [9.17, 15) is 34.5 Å². The van der Waals surface area contributed by atoms with Crippen LogP contribution < -0.4 is 11.5 Å². The summed E-state index contributed by atoms with van der Waals surface area (Å²) in [5.41, 5.74) is 17.9. The Morgan fingerprint density at radius 2 is 1.46 bits per heavy atom. The zero-order valence-electron chi connectivity index (χ0n) is 74.1. The number of methoxy groups -OCH3 is 3. The number of nitrogen functional groups attached to an aromatic ring is 2. The maximum absolute atomic E-state index is 14.9. The monoisotopic (exact) mass is 1720 g/mol. The van der Waals surface area contributed by atoms with Gasteiger partial charge in [0.25, 0.3) is 17.7 Å². The molecule has 2 saturated heterocycles. The van der Waals surface area contributed by atoms with E-state index in [2.05, 4.69) is 32.9 Å². The number of cyclic esters (lactones) is 1. The van der Waals surface area contributed by atoms with Gasteiger partial charge in [-0.3, -0.25) is 14.4 Å². The molecular formula is C90H137N11O22. The number of unbranched alkanes of at least 4 members (excludes halogenated alkanes) is 2. The number of piperidine rings is 1. The van der Waals surface area contributed by atoms with Gasteiger partial charge < -0.3 is 107 Å². The smallest absolute Gasteiger partial charge is 0.329 e. The van der Waals surface area contributed by atoms with E-state index in [1.165, 1.54) is 11.2 Å². The second-order valence-corrected chi connectivity index (χ2v) is 33.1. The Kier molecular flexibility index (Phi) is 41.6. The Bertz CT molecular complexity index is 4200. The quantitative estimate of drug-likeness (QED) is 0.00798. The molecule has 16 atom stereocenters. The van der Waals surface area contributed by atoms with E-state index < -0.39 is 78.1 Å². The number of aliphatic hydroxyl groups is 3. The summed E-state index contributed by atoms with van der Waals surface area (Å²) in [6, 6.07) is 4.49. The lowest BCUT2D eigenvalue weighted by molar-refractivity contribution is -0.265. The number of hydrogen-bond donors (Lipinski definition) is 5.